The number of urea groups is 1. The summed E-state index contributed by atoms with van der Waals surface area (Å²) in [5.41, 5.74) is 1.36. The maximum atomic E-state index is 12.3. The second-order valence-corrected chi connectivity index (χ2v) is 6.94. The number of hydrogen-bond donors (Lipinski definition) is 4. The number of aliphatic hydroxyl groups is 1. The van der Waals surface area contributed by atoms with Gasteiger partial charge in [0.15, 0.2) is 0 Å². The Bertz CT molecular complexity index is 889. The number of rotatable bonds is 8. The molecule has 1 aliphatic heterocycles. The fraction of sp³-hybridized carbons (Fsp3) is 0.318. The van der Waals surface area contributed by atoms with Gasteiger partial charge in [-0.2, -0.15) is 0 Å². The second kappa shape index (κ2) is 11.1. The lowest BCUT2D eigenvalue weighted by Gasteiger charge is -2.31. The molecule has 4 N–H and O–H groups in total. The number of aliphatic hydroxyl groups excluding tert-OH is 1. The van der Waals surface area contributed by atoms with Gasteiger partial charge >= 0.3 is 6.03 Å². The molecule has 1 aliphatic rings. The lowest BCUT2D eigenvalue weighted by molar-refractivity contribution is -0.125. The number of carbonyl (C=O) groups is 2. The molecular weight excluding hydrogens is 400 g/mol. The van der Waals surface area contributed by atoms with Gasteiger partial charge in [-0.3, -0.25) is 9.78 Å². The summed E-state index contributed by atoms with van der Waals surface area (Å²) in [6, 6.07) is 11.4. The van der Waals surface area contributed by atoms with E-state index in [4.69, 9.17) is 9.47 Å². The van der Waals surface area contributed by atoms with E-state index in [9.17, 15) is 14.7 Å². The summed E-state index contributed by atoms with van der Waals surface area (Å²) in [5.74, 6) is 0.491. The first-order chi connectivity index (χ1) is 15.1. The molecule has 0 aliphatic carbocycles. The summed E-state index contributed by atoms with van der Waals surface area (Å²) in [5, 5.41) is 17.9. The molecule has 1 aromatic heterocycles. The van der Waals surface area contributed by atoms with E-state index in [1.807, 2.05) is 18.2 Å². The number of nitrogens with zero attached hydrogens (tertiary/aromatic N) is 1. The molecule has 3 rings (SSSR count). The largest absolute Gasteiger partial charge is 0.497 e. The zero-order chi connectivity index (χ0) is 22.1. The van der Waals surface area contributed by atoms with E-state index in [1.165, 1.54) is 0 Å². The number of benzene rings is 1. The number of hydrogen-bond acceptors (Lipinski definition) is 6. The third-order valence-corrected chi connectivity index (χ3v) is 4.69. The lowest BCUT2D eigenvalue weighted by atomic mass is 10.0. The van der Waals surface area contributed by atoms with Gasteiger partial charge in [-0.05, 0) is 36.4 Å². The predicted octanol–water partition coefficient (Wildman–Crippen LogP) is 1.60. The molecule has 0 bridgehead atoms. The summed E-state index contributed by atoms with van der Waals surface area (Å²) in [4.78, 5) is 28.6. The van der Waals surface area contributed by atoms with Crippen LogP contribution in [0.4, 0.5) is 10.5 Å². The van der Waals surface area contributed by atoms with Crippen LogP contribution in [0.3, 0.4) is 0 Å². The van der Waals surface area contributed by atoms with Crippen LogP contribution in [-0.2, 0) is 16.1 Å². The number of carbonyl (C=O) groups excluding carboxylic acids is 2. The Hall–Kier alpha value is -3.43. The maximum Gasteiger partial charge on any atom is 0.319 e. The van der Waals surface area contributed by atoms with Crippen LogP contribution >= 0.6 is 0 Å². The van der Waals surface area contributed by atoms with Gasteiger partial charge in [0.05, 0.1) is 44.5 Å². The standard InChI is InChI=1S/C22H26N4O5/c1-30-17-7-5-15(6-8-17)25-22(29)26-19-10-9-18(31-20(19)14-27)12-21(28)24-13-16-4-2-3-11-23-16/h2-11,18-20,27H,12-14H2,1H3,(H,24,28)(H2,25,26,29)/t18-,19+,20+/m1/s1. The van der Waals surface area contributed by atoms with Crippen LogP contribution in [0.5, 0.6) is 5.75 Å². The normalized spacial score (nSPS) is 20.0. The van der Waals surface area contributed by atoms with Crippen molar-refractivity contribution >= 4 is 17.6 Å². The quantitative estimate of drug-likeness (QED) is 0.476. The van der Waals surface area contributed by atoms with Crippen LogP contribution in [-0.4, -0.2) is 54.0 Å². The molecule has 0 saturated carbocycles. The highest BCUT2D eigenvalue weighted by Crippen LogP contribution is 2.17. The molecule has 0 unspecified atom stereocenters. The van der Waals surface area contributed by atoms with E-state index in [0.717, 1.165) is 5.69 Å². The van der Waals surface area contributed by atoms with E-state index >= 15 is 0 Å². The average molecular weight is 426 g/mol. The van der Waals surface area contributed by atoms with Gasteiger partial charge in [-0.25, -0.2) is 4.79 Å². The maximum absolute atomic E-state index is 12.3. The summed E-state index contributed by atoms with van der Waals surface area (Å²) >= 11 is 0. The summed E-state index contributed by atoms with van der Waals surface area (Å²) < 4.78 is 10.9. The van der Waals surface area contributed by atoms with Crippen molar-refractivity contribution in [3.05, 3.63) is 66.5 Å². The van der Waals surface area contributed by atoms with E-state index in [1.54, 1.807) is 49.7 Å². The minimum atomic E-state index is -0.666. The lowest BCUT2D eigenvalue weighted by Crippen LogP contribution is -2.50. The zero-order valence-corrected chi connectivity index (χ0v) is 17.2. The van der Waals surface area contributed by atoms with Gasteiger partial charge in [0.25, 0.3) is 0 Å². The van der Waals surface area contributed by atoms with Crippen molar-refractivity contribution in [2.45, 2.75) is 31.2 Å². The SMILES string of the molecule is COc1ccc(NC(=O)N[C@H]2C=C[C@H](CC(=O)NCc3ccccn3)O[C@H]2CO)cc1. The number of aromatic nitrogens is 1. The summed E-state index contributed by atoms with van der Waals surface area (Å²) in [7, 11) is 1.57. The number of methoxy groups -OCH3 is 1. The van der Waals surface area contributed by atoms with Crippen molar-refractivity contribution in [1.29, 1.82) is 0 Å². The first-order valence-corrected chi connectivity index (χ1v) is 9.90. The highest BCUT2D eigenvalue weighted by molar-refractivity contribution is 5.89. The van der Waals surface area contributed by atoms with Gasteiger partial charge in [-0.1, -0.05) is 18.2 Å². The molecule has 0 saturated heterocycles. The third-order valence-electron chi connectivity index (χ3n) is 4.69. The van der Waals surface area contributed by atoms with E-state index < -0.39 is 24.3 Å². The van der Waals surface area contributed by atoms with Crippen molar-refractivity contribution in [2.24, 2.45) is 0 Å². The molecule has 2 heterocycles. The number of amides is 3. The van der Waals surface area contributed by atoms with Crippen molar-refractivity contribution in [2.75, 3.05) is 19.0 Å². The van der Waals surface area contributed by atoms with Gasteiger partial charge in [0.2, 0.25) is 5.91 Å². The molecule has 164 valence electrons. The van der Waals surface area contributed by atoms with Crippen LogP contribution in [0.25, 0.3) is 0 Å². The minimum absolute atomic E-state index is 0.102. The molecule has 0 spiro atoms. The fourth-order valence-electron chi connectivity index (χ4n) is 3.08. The average Bonchev–Trinajstić information content (AvgIpc) is 2.80. The molecule has 3 atom stereocenters. The topological polar surface area (TPSA) is 122 Å². The van der Waals surface area contributed by atoms with Crippen molar-refractivity contribution in [3.63, 3.8) is 0 Å². The van der Waals surface area contributed by atoms with E-state index in [2.05, 4.69) is 20.9 Å². The van der Waals surface area contributed by atoms with Crippen LogP contribution in [0, 0.1) is 0 Å². The molecule has 9 heteroatoms. The van der Waals surface area contributed by atoms with Crippen LogP contribution < -0.4 is 20.7 Å². The van der Waals surface area contributed by atoms with Crippen LogP contribution in [0.15, 0.2) is 60.8 Å². The van der Waals surface area contributed by atoms with Crippen molar-refractivity contribution in [3.8, 4) is 5.75 Å². The highest BCUT2D eigenvalue weighted by atomic mass is 16.5. The number of nitrogens with one attached hydrogen (secondary N) is 3. The highest BCUT2D eigenvalue weighted by Gasteiger charge is 2.29. The minimum Gasteiger partial charge on any atom is -0.497 e. The van der Waals surface area contributed by atoms with E-state index in [0.29, 0.717) is 18.0 Å². The number of anilines is 1. The Morgan fingerprint density at radius 3 is 2.65 bits per heavy atom. The van der Waals surface area contributed by atoms with Crippen molar-refractivity contribution < 1.29 is 24.2 Å². The molecule has 2 aromatic rings. The third kappa shape index (κ3) is 6.80. The second-order valence-electron chi connectivity index (χ2n) is 6.94. The predicted molar refractivity (Wildman–Crippen MR) is 115 cm³/mol. The number of pyridine rings is 1. The Kier molecular flexibility index (Phi) is 7.97. The van der Waals surface area contributed by atoms with Gasteiger partial charge in [0.1, 0.15) is 11.9 Å². The zero-order valence-electron chi connectivity index (χ0n) is 17.2. The molecule has 31 heavy (non-hydrogen) atoms. The Balaban J connectivity index is 1.48. The van der Waals surface area contributed by atoms with Gasteiger partial charge in [0, 0.05) is 11.9 Å². The fourth-order valence-corrected chi connectivity index (χ4v) is 3.08. The van der Waals surface area contributed by atoms with Crippen molar-refractivity contribution in [1.82, 2.24) is 15.6 Å². The van der Waals surface area contributed by atoms with Crippen LogP contribution in [0.1, 0.15) is 12.1 Å². The van der Waals surface area contributed by atoms with Gasteiger partial charge in [-0.15, -0.1) is 0 Å². The van der Waals surface area contributed by atoms with E-state index in [-0.39, 0.29) is 18.9 Å². The molecular formula is C22H26N4O5. The number of ether oxygens (including phenoxy) is 2. The first kappa shape index (κ1) is 22.3. The van der Waals surface area contributed by atoms with Gasteiger partial charge < -0.3 is 30.5 Å². The molecule has 3 amide bonds. The Morgan fingerprint density at radius 1 is 1.16 bits per heavy atom. The first-order valence-electron chi connectivity index (χ1n) is 9.90. The smallest absolute Gasteiger partial charge is 0.319 e. The Morgan fingerprint density at radius 2 is 1.97 bits per heavy atom. The monoisotopic (exact) mass is 426 g/mol. The molecule has 1 aromatic carbocycles. The van der Waals surface area contributed by atoms with Crippen LogP contribution in [0.2, 0.25) is 0 Å². The summed E-state index contributed by atoms with van der Waals surface area (Å²) in [6.45, 7) is 0.0269. The summed E-state index contributed by atoms with van der Waals surface area (Å²) in [6.07, 6.45) is 4.05. The Labute approximate surface area is 180 Å². The molecule has 0 fully saturated rings. The molecule has 0 radical (unpaired) electrons. The molecule has 9 nitrogen and oxygen atoms in total.